The molecule has 1 aliphatic rings. The molecule has 0 spiro atoms. The lowest BCUT2D eigenvalue weighted by atomic mass is 9.79. The van der Waals surface area contributed by atoms with Gasteiger partial charge in [0.1, 0.15) is 0 Å². The summed E-state index contributed by atoms with van der Waals surface area (Å²) in [5.41, 5.74) is 7.28. The van der Waals surface area contributed by atoms with Gasteiger partial charge in [-0.3, -0.25) is 4.79 Å². The monoisotopic (exact) mass is 288 g/mol. The van der Waals surface area contributed by atoms with Gasteiger partial charge in [0.2, 0.25) is 5.91 Å². The SMILES string of the molecule is Nc1ccc(/C=C/C(=O)NCC2CCCCC2CO)cc1. The van der Waals surface area contributed by atoms with Crippen LogP contribution in [-0.4, -0.2) is 24.2 Å². The molecule has 0 aliphatic heterocycles. The molecular weight excluding hydrogens is 264 g/mol. The van der Waals surface area contributed by atoms with Gasteiger partial charge in [-0.05, 0) is 48.4 Å². The van der Waals surface area contributed by atoms with E-state index < -0.39 is 0 Å². The molecule has 0 saturated heterocycles. The van der Waals surface area contributed by atoms with Gasteiger partial charge in [-0.15, -0.1) is 0 Å². The van der Waals surface area contributed by atoms with Gasteiger partial charge in [-0.2, -0.15) is 0 Å². The van der Waals surface area contributed by atoms with Gasteiger partial charge in [-0.1, -0.05) is 25.0 Å². The van der Waals surface area contributed by atoms with E-state index >= 15 is 0 Å². The lowest BCUT2D eigenvalue weighted by molar-refractivity contribution is -0.116. The van der Waals surface area contributed by atoms with Crippen molar-refractivity contribution in [1.82, 2.24) is 5.32 Å². The van der Waals surface area contributed by atoms with Crippen LogP contribution in [0.3, 0.4) is 0 Å². The molecule has 2 unspecified atom stereocenters. The quantitative estimate of drug-likeness (QED) is 0.574. The Bertz CT molecular complexity index is 482. The Morgan fingerprint density at radius 2 is 1.90 bits per heavy atom. The Morgan fingerprint density at radius 3 is 2.57 bits per heavy atom. The number of nitrogens with two attached hydrogens (primary N) is 1. The highest BCUT2D eigenvalue weighted by Gasteiger charge is 2.24. The number of aliphatic hydroxyl groups excluding tert-OH is 1. The highest BCUT2D eigenvalue weighted by molar-refractivity contribution is 5.91. The van der Waals surface area contributed by atoms with Crippen LogP contribution in [0.25, 0.3) is 6.08 Å². The van der Waals surface area contributed by atoms with Crippen LogP contribution < -0.4 is 11.1 Å². The molecule has 2 atom stereocenters. The summed E-state index contributed by atoms with van der Waals surface area (Å²) in [5, 5.41) is 12.3. The van der Waals surface area contributed by atoms with Crippen LogP contribution in [0.4, 0.5) is 5.69 Å². The third-order valence-corrected chi connectivity index (χ3v) is 4.20. The van der Waals surface area contributed by atoms with Gasteiger partial charge in [0.25, 0.3) is 0 Å². The molecule has 21 heavy (non-hydrogen) atoms. The largest absolute Gasteiger partial charge is 0.399 e. The van der Waals surface area contributed by atoms with Crippen molar-refractivity contribution in [2.24, 2.45) is 11.8 Å². The molecule has 0 aromatic heterocycles. The van der Waals surface area contributed by atoms with Crippen molar-refractivity contribution in [3.8, 4) is 0 Å². The molecule has 1 saturated carbocycles. The molecule has 1 aromatic rings. The molecule has 0 bridgehead atoms. The van der Waals surface area contributed by atoms with Gasteiger partial charge in [0.05, 0.1) is 0 Å². The van der Waals surface area contributed by atoms with Gasteiger partial charge in [0, 0.05) is 24.9 Å². The van der Waals surface area contributed by atoms with Gasteiger partial charge in [-0.25, -0.2) is 0 Å². The fourth-order valence-electron chi connectivity index (χ4n) is 2.86. The van der Waals surface area contributed by atoms with E-state index in [1.54, 1.807) is 12.2 Å². The molecule has 1 aliphatic carbocycles. The van der Waals surface area contributed by atoms with Gasteiger partial charge in [0.15, 0.2) is 0 Å². The van der Waals surface area contributed by atoms with Crippen LogP contribution >= 0.6 is 0 Å². The number of rotatable bonds is 5. The lowest BCUT2D eigenvalue weighted by Crippen LogP contribution is -2.34. The average molecular weight is 288 g/mol. The Balaban J connectivity index is 1.80. The predicted octanol–water partition coefficient (Wildman–Crippen LogP) is 2.20. The third-order valence-electron chi connectivity index (χ3n) is 4.20. The zero-order valence-electron chi connectivity index (χ0n) is 12.3. The Labute approximate surface area is 126 Å². The van der Waals surface area contributed by atoms with Gasteiger partial charge < -0.3 is 16.2 Å². The second-order valence-corrected chi connectivity index (χ2v) is 5.73. The van der Waals surface area contributed by atoms with E-state index in [9.17, 15) is 9.90 Å². The summed E-state index contributed by atoms with van der Waals surface area (Å²) in [5.74, 6) is 0.645. The molecule has 4 nitrogen and oxygen atoms in total. The minimum Gasteiger partial charge on any atom is -0.399 e. The number of carbonyl (C=O) groups excluding carboxylic acids is 1. The van der Waals surface area contributed by atoms with Crippen molar-refractivity contribution in [3.05, 3.63) is 35.9 Å². The number of hydrogen-bond acceptors (Lipinski definition) is 3. The minimum atomic E-state index is -0.0888. The maximum atomic E-state index is 11.8. The number of amides is 1. The number of aliphatic hydroxyl groups is 1. The summed E-state index contributed by atoms with van der Waals surface area (Å²) in [7, 11) is 0. The van der Waals surface area contributed by atoms with Crippen molar-refractivity contribution < 1.29 is 9.90 Å². The van der Waals surface area contributed by atoms with Crippen LogP contribution in [-0.2, 0) is 4.79 Å². The lowest BCUT2D eigenvalue weighted by Gasteiger charge is -2.30. The maximum absolute atomic E-state index is 11.8. The summed E-state index contributed by atoms with van der Waals surface area (Å²) in [4.78, 5) is 11.8. The van der Waals surface area contributed by atoms with E-state index in [1.807, 2.05) is 24.3 Å². The first kappa shape index (κ1) is 15.6. The Hall–Kier alpha value is -1.81. The van der Waals surface area contributed by atoms with Crippen molar-refractivity contribution in [3.63, 3.8) is 0 Å². The third kappa shape index (κ3) is 4.90. The number of hydrogen-bond donors (Lipinski definition) is 3. The van der Waals surface area contributed by atoms with Crippen molar-refractivity contribution >= 4 is 17.7 Å². The van der Waals surface area contributed by atoms with Crippen LogP contribution in [0.1, 0.15) is 31.2 Å². The van der Waals surface area contributed by atoms with E-state index in [0.29, 0.717) is 24.1 Å². The topological polar surface area (TPSA) is 75.4 Å². The number of nitrogens with one attached hydrogen (secondary N) is 1. The molecule has 114 valence electrons. The smallest absolute Gasteiger partial charge is 0.244 e. The second kappa shape index (κ2) is 7.84. The van der Waals surface area contributed by atoms with Crippen LogP contribution in [0.15, 0.2) is 30.3 Å². The Kier molecular flexibility index (Phi) is 5.81. The Morgan fingerprint density at radius 1 is 1.24 bits per heavy atom. The molecule has 1 fully saturated rings. The average Bonchev–Trinajstić information content (AvgIpc) is 2.52. The first-order valence-corrected chi connectivity index (χ1v) is 7.61. The molecular formula is C17H24N2O2. The van der Waals surface area contributed by atoms with E-state index in [1.165, 1.54) is 12.8 Å². The number of anilines is 1. The normalized spacial score (nSPS) is 22.3. The first-order valence-electron chi connectivity index (χ1n) is 7.61. The summed E-state index contributed by atoms with van der Waals surface area (Å²) < 4.78 is 0. The highest BCUT2D eigenvalue weighted by atomic mass is 16.3. The standard InChI is InChI=1S/C17H24N2O2/c18-16-8-5-13(6-9-16)7-10-17(21)19-11-14-3-1-2-4-15(14)12-20/h5-10,14-15,20H,1-4,11-12,18H2,(H,19,21)/b10-7+. The fourth-order valence-corrected chi connectivity index (χ4v) is 2.86. The predicted molar refractivity (Wildman–Crippen MR) is 85.4 cm³/mol. The van der Waals surface area contributed by atoms with Crippen molar-refractivity contribution in [2.45, 2.75) is 25.7 Å². The summed E-state index contributed by atoms with van der Waals surface area (Å²) in [6.45, 7) is 0.873. The van der Waals surface area contributed by atoms with E-state index in [0.717, 1.165) is 18.4 Å². The van der Waals surface area contributed by atoms with E-state index in [-0.39, 0.29) is 12.5 Å². The number of nitrogen functional groups attached to an aromatic ring is 1. The van der Waals surface area contributed by atoms with Crippen LogP contribution in [0.5, 0.6) is 0 Å². The molecule has 4 N–H and O–H groups in total. The maximum Gasteiger partial charge on any atom is 0.244 e. The first-order chi connectivity index (χ1) is 10.2. The summed E-state index contributed by atoms with van der Waals surface area (Å²) in [6, 6.07) is 7.38. The number of carbonyl (C=O) groups is 1. The molecule has 1 amide bonds. The van der Waals surface area contributed by atoms with Crippen LogP contribution in [0.2, 0.25) is 0 Å². The molecule has 1 aromatic carbocycles. The minimum absolute atomic E-state index is 0.0888. The zero-order valence-corrected chi connectivity index (χ0v) is 12.3. The number of benzene rings is 1. The van der Waals surface area contributed by atoms with E-state index in [4.69, 9.17) is 5.73 Å². The zero-order chi connectivity index (χ0) is 15.1. The molecule has 0 heterocycles. The second-order valence-electron chi connectivity index (χ2n) is 5.73. The fraction of sp³-hybridized carbons (Fsp3) is 0.471. The van der Waals surface area contributed by atoms with Crippen molar-refractivity contribution in [1.29, 1.82) is 0 Å². The highest BCUT2D eigenvalue weighted by Crippen LogP contribution is 2.29. The van der Waals surface area contributed by atoms with Crippen molar-refractivity contribution in [2.75, 3.05) is 18.9 Å². The van der Waals surface area contributed by atoms with Crippen LogP contribution in [0, 0.1) is 11.8 Å². The van der Waals surface area contributed by atoms with E-state index in [2.05, 4.69) is 5.32 Å². The molecule has 2 rings (SSSR count). The molecule has 4 heteroatoms. The summed E-state index contributed by atoms with van der Waals surface area (Å²) >= 11 is 0. The van der Waals surface area contributed by atoms with Gasteiger partial charge >= 0.3 is 0 Å². The molecule has 0 radical (unpaired) electrons. The summed E-state index contributed by atoms with van der Waals surface area (Å²) in [6.07, 6.45) is 7.86.